The summed E-state index contributed by atoms with van der Waals surface area (Å²) in [5, 5.41) is 0. The van der Waals surface area contributed by atoms with Crippen molar-refractivity contribution in [3.8, 4) is 0 Å². The van der Waals surface area contributed by atoms with Gasteiger partial charge in [0.25, 0.3) is 0 Å². The van der Waals surface area contributed by atoms with Gasteiger partial charge in [-0.1, -0.05) is 60.7 Å². The molecule has 0 aromatic heterocycles. The Morgan fingerprint density at radius 2 is 2.10 bits per heavy atom. The van der Waals surface area contributed by atoms with Crippen LogP contribution in [0.3, 0.4) is 0 Å². The fourth-order valence-corrected chi connectivity index (χ4v) is 1.95. The van der Waals surface area contributed by atoms with Crippen molar-refractivity contribution in [2.45, 2.75) is 13.8 Å². The Morgan fingerprint density at radius 3 is 2.50 bits per heavy atom. The Labute approximate surface area is 75.8 Å². The van der Waals surface area contributed by atoms with Crippen LogP contribution in [0, 0.1) is 5.41 Å². The molecule has 1 rings (SSSR count). The molecule has 0 nitrogen and oxygen atoms in total. The second kappa shape index (κ2) is 2.91. The first-order chi connectivity index (χ1) is 4.67. The van der Waals surface area contributed by atoms with E-state index >= 15 is 0 Å². The van der Waals surface area contributed by atoms with Gasteiger partial charge in [-0.25, -0.2) is 0 Å². The Bertz CT molecular complexity index is 207. The highest BCUT2D eigenvalue weighted by Crippen LogP contribution is 2.32. The molecule has 10 heavy (non-hydrogen) atoms. The van der Waals surface area contributed by atoms with Crippen LogP contribution in [-0.4, -0.2) is 0 Å². The maximum Gasteiger partial charge on any atom is 0.00829 e. The fraction of sp³-hybridized carbons (Fsp3) is 0.333. The van der Waals surface area contributed by atoms with Crippen molar-refractivity contribution in [3.05, 3.63) is 34.0 Å². The minimum atomic E-state index is 0.232. The molecule has 0 aromatic rings. The van der Waals surface area contributed by atoms with Crippen molar-refractivity contribution >= 4 is 22.6 Å². The Hall–Kier alpha value is -0.0500. The first-order valence-corrected chi connectivity index (χ1v) is 4.58. The summed E-state index contributed by atoms with van der Waals surface area (Å²) in [5.74, 6) is 0. The summed E-state index contributed by atoms with van der Waals surface area (Å²) in [6.07, 6.45) is 8.56. The van der Waals surface area contributed by atoms with Gasteiger partial charge in [0.2, 0.25) is 0 Å². The third-order valence-corrected chi connectivity index (χ3v) is 2.43. The highest BCUT2D eigenvalue weighted by molar-refractivity contribution is 14.1. The quantitative estimate of drug-likeness (QED) is 0.574. The van der Waals surface area contributed by atoms with Crippen LogP contribution >= 0.6 is 22.6 Å². The Balaban J connectivity index is 2.96. The lowest BCUT2D eigenvalue weighted by Gasteiger charge is -2.23. The molecule has 0 N–H and O–H groups in total. The molecular formula is C9H11I. The van der Waals surface area contributed by atoms with E-state index in [0.29, 0.717) is 0 Å². The van der Waals surface area contributed by atoms with Crippen LogP contribution in [0.15, 0.2) is 34.0 Å². The van der Waals surface area contributed by atoms with Gasteiger partial charge in [-0.05, 0) is 9.66 Å². The molecule has 0 spiro atoms. The van der Waals surface area contributed by atoms with Gasteiger partial charge in [0.1, 0.15) is 0 Å². The molecule has 0 fully saturated rings. The van der Waals surface area contributed by atoms with Crippen molar-refractivity contribution in [2.75, 3.05) is 0 Å². The number of hydrogen-bond acceptors (Lipinski definition) is 0. The second-order valence-electron chi connectivity index (χ2n) is 3.00. The molecule has 0 heterocycles. The van der Waals surface area contributed by atoms with Crippen molar-refractivity contribution in [2.24, 2.45) is 5.41 Å². The minimum Gasteiger partial charge on any atom is -0.0745 e. The van der Waals surface area contributed by atoms with Crippen molar-refractivity contribution < 1.29 is 0 Å². The molecule has 54 valence electrons. The zero-order valence-electron chi connectivity index (χ0n) is 6.26. The average Bonchev–Trinajstić information content (AvgIpc) is 1.87. The third kappa shape index (κ3) is 1.51. The van der Waals surface area contributed by atoms with E-state index in [1.807, 2.05) is 0 Å². The van der Waals surface area contributed by atoms with E-state index in [-0.39, 0.29) is 5.41 Å². The molecule has 0 amide bonds. The Kier molecular flexibility index (Phi) is 2.34. The predicted molar refractivity (Wildman–Crippen MR) is 54.2 cm³/mol. The summed E-state index contributed by atoms with van der Waals surface area (Å²) in [6, 6.07) is 0. The zero-order chi connectivity index (χ0) is 7.61. The summed E-state index contributed by atoms with van der Waals surface area (Å²) < 4.78 is 2.14. The average molecular weight is 246 g/mol. The van der Waals surface area contributed by atoms with Gasteiger partial charge in [0.05, 0.1) is 0 Å². The molecule has 0 saturated carbocycles. The smallest absolute Gasteiger partial charge is 0.00829 e. The summed E-state index contributed by atoms with van der Waals surface area (Å²) in [6.45, 7) is 4.44. The standard InChI is InChI=1S/C9H11I/c1-9(2)6-4-3-5-8(9)7-10/h3-7H,1-2H3/b8-7+. The van der Waals surface area contributed by atoms with Crippen molar-refractivity contribution in [1.82, 2.24) is 0 Å². The van der Waals surface area contributed by atoms with Crippen LogP contribution < -0.4 is 0 Å². The monoisotopic (exact) mass is 246 g/mol. The van der Waals surface area contributed by atoms with Gasteiger partial charge in [-0.2, -0.15) is 0 Å². The number of halogens is 1. The van der Waals surface area contributed by atoms with Gasteiger partial charge in [-0.3, -0.25) is 0 Å². The fourth-order valence-electron chi connectivity index (χ4n) is 0.943. The summed E-state index contributed by atoms with van der Waals surface area (Å²) in [7, 11) is 0. The molecule has 0 unspecified atom stereocenters. The van der Waals surface area contributed by atoms with Gasteiger partial charge < -0.3 is 0 Å². The van der Waals surface area contributed by atoms with Crippen LogP contribution in [0.4, 0.5) is 0 Å². The van der Waals surface area contributed by atoms with Gasteiger partial charge in [-0.15, -0.1) is 0 Å². The van der Waals surface area contributed by atoms with E-state index < -0.39 is 0 Å². The van der Waals surface area contributed by atoms with Gasteiger partial charge in [0.15, 0.2) is 0 Å². The van der Waals surface area contributed by atoms with E-state index in [2.05, 4.69) is 64.8 Å². The summed E-state index contributed by atoms with van der Waals surface area (Å²) >= 11 is 2.28. The number of hydrogen-bond donors (Lipinski definition) is 0. The predicted octanol–water partition coefficient (Wildman–Crippen LogP) is 3.46. The molecule has 1 heteroatoms. The molecule has 1 aliphatic rings. The van der Waals surface area contributed by atoms with Gasteiger partial charge >= 0.3 is 0 Å². The van der Waals surface area contributed by atoms with Crippen molar-refractivity contribution in [3.63, 3.8) is 0 Å². The lowest BCUT2D eigenvalue weighted by molar-refractivity contribution is 0.593. The number of allylic oxidation sites excluding steroid dienone is 5. The number of rotatable bonds is 0. The Morgan fingerprint density at radius 1 is 1.40 bits per heavy atom. The van der Waals surface area contributed by atoms with Crippen molar-refractivity contribution in [1.29, 1.82) is 0 Å². The largest absolute Gasteiger partial charge is 0.0745 e. The van der Waals surface area contributed by atoms with E-state index in [0.717, 1.165) is 0 Å². The normalized spacial score (nSPS) is 25.7. The van der Waals surface area contributed by atoms with E-state index in [1.165, 1.54) is 5.57 Å². The topological polar surface area (TPSA) is 0 Å². The van der Waals surface area contributed by atoms with E-state index in [4.69, 9.17) is 0 Å². The highest BCUT2D eigenvalue weighted by atomic mass is 127. The van der Waals surface area contributed by atoms with Crippen LogP contribution in [0.5, 0.6) is 0 Å². The highest BCUT2D eigenvalue weighted by Gasteiger charge is 2.18. The van der Waals surface area contributed by atoms with Crippen LogP contribution in [-0.2, 0) is 0 Å². The second-order valence-corrected chi connectivity index (χ2v) is 3.63. The third-order valence-electron chi connectivity index (χ3n) is 1.76. The molecule has 1 aliphatic carbocycles. The molecule has 0 atom stereocenters. The lowest BCUT2D eigenvalue weighted by atomic mass is 9.82. The first kappa shape index (κ1) is 8.05. The lowest BCUT2D eigenvalue weighted by Crippen LogP contribution is -2.10. The molecule has 0 saturated heterocycles. The van der Waals surface area contributed by atoms with E-state index in [1.54, 1.807) is 0 Å². The van der Waals surface area contributed by atoms with Gasteiger partial charge in [0, 0.05) is 5.41 Å². The molecule has 0 bridgehead atoms. The maximum absolute atomic E-state index is 2.28. The van der Waals surface area contributed by atoms with E-state index in [9.17, 15) is 0 Å². The zero-order valence-corrected chi connectivity index (χ0v) is 8.42. The molecule has 0 aromatic carbocycles. The van der Waals surface area contributed by atoms with Crippen LogP contribution in [0.2, 0.25) is 0 Å². The summed E-state index contributed by atoms with van der Waals surface area (Å²) in [5.41, 5.74) is 1.62. The SMILES string of the molecule is CC1(C)C=CC=C/C1=C\I. The van der Waals surface area contributed by atoms with Crippen LogP contribution in [0.1, 0.15) is 13.8 Å². The molecule has 0 radical (unpaired) electrons. The van der Waals surface area contributed by atoms with Crippen LogP contribution in [0.25, 0.3) is 0 Å². The maximum atomic E-state index is 2.28. The molecular weight excluding hydrogens is 235 g/mol. The minimum absolute atomic E-state index is 0.232. The summed E-state index contributed by atoms with van der Waals surface area (Å²) in [4.78, 5) is 0. The first-order valence-electron chi connectivity index (χ1n) is 3.33. The molecule has 0 aliphatic heterocycles.